The van der Waals surface area contributed by atoms with Gasteiger partial charge in [-0.2, -0.15) is 0 Å². The summed E-state index contributed by atoms with van der Waals surface area (Å²) < 4.78 is 8.44. The summed E-state index contributed by atoms with van der Waals surface area (Å²) in [5.41, 5.74) is 1.58. The van der Waals surface area contributed by atoms with Gasteiger partial charge in [-0.3, -0.25) is 23.9 Å². The molecule has 4 unspecified atom stereocenters. The standard InChI is InChI=1S/C35H44N4O4/c1-2-43-33(41)22-37-31(15-8-16-32(37)40)34-35(42)39(30-14-6-5-13-29(30)36-34)28-20-25-11-7-12-26(21-28)38(25)27-18-23-9-3-4-10-24(17-23)19-27/h5-6,8,13-16,23-28H,2-4,7,9-12,17-22H2,1H3. The predicted octanol–water partition coefficient (Wildman–Crippen LogP) is 5.71. The van der Waals surface area contributed by atoms with Gasteiger partial charge in [-0.1, -0.05) is 50.3 Å². The Hall–Kier alpha value is -3.26. The first kappa shape index (κ1) is 28.5. The summed E-state index contributed by atoms with van der Waals surface area (Å²) in [4.78, 5) is 47.6. The molecule has 1 aromatic carbocycles. The van der Waals surface area contributed by atoms with Gasteiger partial charge in [0.05, 0.1) is 23.3 Å². The Kier molecular flexibility index (Phi) is 7.97. The molecule has 7 rings (SSSR count). The molecule has 2 aliphatic heterocycles. The van der Waals surface area contributed by atoms with Crippen molar-refractivity contribution in [2.45, 2.75) is 115 Å². The van der Waals surface area contributed by atoms with E-state index in [0.717, 1.165) is 35.7 Å². The van der Waals surface area contributed by atoms with Crippen molar-refractivity contribution in [1.82, 2.24) is 19.0 Å². The number of piperidine rings is 2. The molecule has 0 amide bonds. The van der Waals surface area contributed by atoms with E-state index in [2.05, 4.69) is 4.90 Å². The van der Waals surface area contributed by atoms with E-state index >= 15 is 0 Å². The van der Waals surface area contributed by atoms with Crippen molar-refractivity contribution in [2.75, 3.05) is 6.61 Å². The van der Waals surface area contributed by atoms with Gasteiger partial charge in [-0.25, -0.2) is 4.98 Å². The van der Waals surface area contributed by atoms with Gasteiger partial charge in [0.25, 0.3) is 11.1 Å². The fraction of sp³-hybridized carbons (Fsp3) is 0.600. The topological polar surface area (TPSA) is 86.4 Å². The summed E-state index contributed by atoms with van der Waals surface area (Å²) in [7, 11) is 0. The van der Waals surface area contributed by atoms with Crippen LogP contribution in [0.5, 0.6) is 0 Å². The molecule has 0 radical (unpaired) electrons. The lowest BCUT2D eigenvalue weighted by molar-refractivity contribution is -0.143. The molecule has 2 aliphatic carbocycles. The Morgan fingerprint density at radius 1 is 0.814 bits per heavy atom. The lowest BCUT2D eigenvalue weighted by Gasteiger charge is -2.54. The minimum atomic E-state index is -0.513. The van der Waals surface area contributed by atoms with Gasteiger partial charge < -0.3 is 9.30 Å². The van der Waals surface area contributed by atoms with Crippen LogP contribution in [0.1, 0.15) is 90.0 Å². The number of carbonyl (C=O) groups excluding carboxylic acids is 1. The number of fused-ring (bicyclic) bond motifs is 5. The number of aromatic nitrogens is 3. The van der Waals surface area contributed by atoms with Crippen LogP contribution in [0.25, 0.3) is 22.4 Å². The molecule has 43 heavy (non-hydrogen) atoms. The van der Waals surface area contributed by atoms with Crippen LogP contribution < -0.4 is 11.1 Å². The maximum Gasteiger partial charge on any atom is 0.326 e. The highest BCUT2D eigenvalue weighted by Crippen LogP contribution is 2.47. The number of esters is 1. The summed E-state index contributed by atoms with van der Waals surface area (Å²) in [6.45, 7) is 1.70. The zero-order valence-electron chi connectivity index (χ0n) is 25.3. The number of pyridine rings is 1. The van der Waals surface area contributed by atoms with E-state index in [-0.39, 0.29) is 36.0 Å². The second kappa shape index (κ2) is 12.0. The first-order valence-electron chi connectivity index (χ1n) is 16.6. The number of para-hydroxylation sites is 2. The number of benzene rings is 1. The Bertz CT molecular complexity index is 1580. The molecule has 2 saturated carbocycles. The molecule has 228 valence electrons. The Morgan fingerprint density at radius 3 is 2.26 bits per heavy atom. The highest BCUT2D eigenvalue weighted by molar-refractivity contribution is 5.78. The fourth-order valence-corrected chi connectivity index (χ4v) is 9.22. The average Bonchev–Trinajstić information content (AvgIpc) is 3.16. The maximum atomic E-state index is 14.5. The van der Waals surface area contributed by atoms with E-state index in [1.54, 1.807) is 19.1 Å². The molecule has 2 saturated heterocycles. The van der Waals surface area contributed by atoms with E-state index in [9.17, 15) is 14.4 Å². The van der Waals surface area contributed by atoms with Gasteiger partial charge in [0.15, 0.2) is 5.69 Å². The third-order valence-electron chi connectivity index (χ3n) is 10.8. The molecule has 2 aromatic heterocycles. The number of rotatable bonds is 6. The van der Waals surface area contributed by atoms with Crippen LogP contribution in [0.2, 0.25) is 0 Å². The average molecular weight is 585 g/mol. The van der Waals surface area contributed by atoms with E-state index in [1.807, 2.05) is 28.8 Å². The van der Waals surface area contributed by atoms with Crippen LogP contribution in [0.3, 0.4) is 0 Å². The Balaban J connectivity index is 1.26. The highest BCUT2D eigenvalue weighted by Gasteiger charge is 2.45. The van der Waals surface area contributed by atoms with Gasteiger partial charge in [0.2, 0.25) is 0 Å². The molecule has 3 aromatic rings. The molecule has 4 atom stereocenters. The SMILES string of the molecule is CCOC(=O)Cn1c(-c2nc3ccccc3n(C3CC4CCCC(C3)N4C3CC4CCCCC(C4)C3)c2=O)cccc1=O. The van der Waals surface area contributed by atoms with Crippen molar-refractivity contribution in [1.29, 1.82) is 0 Å². The van der Waals surface area contributed by atoms with Crippen molar-refractivity contribution in [3.8, 4) is 11.4 Å². The van der Waals surface area contributed by atoms with Crippen LogP contribution in [0.4, 0.5) is 0 Å². The monoisotopic (exact) mass is 584 g/mol. The zero-order chi connectivity index (χ0) is 29.5. The normalized spacial score (nSPS) is 29.2. The van der Waals surface area contributed by atoms with Gasteiger partial charge >= 0.3 is 5.97 Å². The van der Waals surface area contributed by atoms with E-state index in [4.69, 9.17) is 9.72 Å². The molecule has 0 spiro atoms. The first-order chi connectivity index (χ1) is 21.0. The number of ether oxygens (including phenoxy) is 1. The Morgan fingerprint density at radius 2 is 1.53 bits per heavy atom. The molecule has 8 heteroatoms. The number of hydrogen-bond acceptors (Lipinski definition) is 6. The first-order valence-corrected chi connectivity index (χ1v) is 16.6. The molecule has 8 nitrogen and oxygen atoms in total. The summed E-state index contributed by atoms with van der Waals surface area (Å²) >= 11 is 0. The number of nitrogens with zero attached hydrogens (tertiary/aromatic N) is 4. The quantitative estimate of drug-likeness (QED) is 0.345. The maximum absolute atomic E-state index is 14.5. The summed E-state index contributed by atoms with van der Waals surface area (Å²) in [6.07, 6.45) is 15.3. The van der Waals surface area contributed by atoms with Crippen LogP contribution in [0, 0.1) is 11.8 Å². The smallest absolute Gasteiger partial charge is 0.326 e. The van der Waals surface area contributed by atoms with Crippen molar-refractivity contribution < 1.29 is 9.53 Å². The minimum absolute atomic E-state index is 0.0607. The highest BCUT2D eigenvalue weighted by atomic mass is 16.5. The van der Waals surface area contributed by atoms with E-state index in [1.165, 1.54) is 74.8 Å². The van der Waals surface area contributed by atoms with Crippen LogP contribution in [-0.2, 0) is 16.1 Å². The molecule has 4 aliphatic rings. The van der Waals surface area contributed by atoms with Gasteiger partial charge in [0, 0.05) is 30.2 Å². The van der Waals surface area contributed by atoms with Gasteiger partial charge in [-0.05, 0) is 81.9 Å². The van der Waals surface area contributed by atoms with E-state index < -0.39 is 5.97 Å². The third kappa shape index (κ3) is 5.47. The largest absolute Gasteiger partial charge is 0.465 e. The zero-order valence-corrected chi connectivity index (χ0v) is 25.3. The number of carbonyl (C=O) groups is 1. The summed E-state index contributed by atoms with van der Waals surface area (Å²) in [5.74, 6) is 1.26. The lowest BCUT2D eigenvalue weighted by atomic mass is 9.73. The van der Waals surface area contributed by atoms with E-state index in [0.29, 0.717) is 23.8 Å². The predicted molar refractivity (Wildman–Crippen MR) is 167 cm³/mol. The van der Waals surface area contributed by atoms with Crippen molar-refractivity contribution >= 4 is 17.0 Å². The second-order valence-electron chi connectivity index (χ2n) is 13.5. The minimum Gasteiger partial charge on any atom is -0.465 e. The van der Waals surface area contributed by atoms with Gasteiger partial charge in [0.1, 0.15) is 6.54 Å². The Labute approximate surface area is 253 Å². The van der Waals surface area contributed by atoms with Crippen LogP contribution in [0.15, 0.2) is 52.1 Å². The van der Waals surface area contributed by atoms with Crippen molar-refractivity contribution in [3.63, 3.8) is 0 Å². The number of hydrogen-bond donors (Lipinski definition) is 0. The molecule has 4 heterocycles. The third-order valence-corrected chi connectivity index (χ3v) is 10.8. The van der Waals surface area contributed by atoms with Crippen LogP contribution >= 0.6 is 0 Å². The molecular formula is C35H44N4O4. The fourth-order valence-electron chi connectivity index (χ4n) is 9.22. The van der Waals surface area contributed by atoms with Gasteiger partial charge in [-0.15, -0.1) is 0 Å². The second-order valence-corrected chi connectivity index (χ2v) is 13.5. The molecule has 4 bridgehead atoms. The molecular weight excluding hydrogens is 540 g/mol. The lowest BCUT2D eigenvalue weighted by Crippen LogP contribution is -2.58. The van der Waals surface area contributed by atoms with Crippen LogP contribution in [-0.4, -0.2) is 49.7 Å². The summed E-state index contributed by atoms with van der Waals surface area (Å²) in [5, 5.41) is 0. The van der Waals surface area contributed by atoms with Crippen molar-refractivity contribution in [3.05, 3.63) is 63.2 Å². The summed E-state index contributed by atoms with van der Waals surface area (Å²) in [6, 6.07) is 14.3. The molecule has 0 N–H and O–H groups in total. The molecule has 4 fully saturated rings. The van der Waals surface area contributed by atoms with Crippen molar-refractivity contribution in [2.24, 2.45) is 11.8 Å².